The van der Waals surface area contributed by atoms with Gasteiger partial charge in [-0.1, -0.05) is 48.0 Å². The van der Waals surface area contributed by atoms with Gasteiger partial charge in [0.05, 0.1) is 23.6 Å². The van der Waals surface area contributed by atoms with Crippen molar-refractivity contribution in [1.82, 2.24) is 19.8 Å². The third-order valence-electron chi connectivity index (χ3n) is 4.86. The van der Waals surface area contributed by atoms with Crippen molar-refractivity contribution < 1.29 is 17.6 Å². The molecule has 1 heterocycles. The molecular formula is C23H26ClFN4O3S. The highest BCUT2D eigenvalue weighted by molar-refractivity contribution is 7.88. The third kappa shape index (κ3) is 6.63. The topological polar surface area (TPSA) is 93.1 Å². The highest BCUT2D eigenvalue weighted by Gasteiger charge is 2.21. The van der Waals surface area contributed by atoms with Crippen LogP contribution in [0.5, 0.6) is 0 Å². The highest BCUT2D eigenvalue weighted by Crippen LogP contribution is 2.21. The lowest BCUT2D eigenvalue weighted by Gasteiger charge is -2.13. The van der Waals surface area contributed by atoms with Gasteiger partial charge in [-0.15, -0.1) is 0 Å². The van der Waals surface area contributed by atoms with E-state index in [4.69, 9.17) is 11.6 Å². The maximum absolute atomic E-state index is 13.1. The molecule has 0 atom stereocenters. The Kier molecular flexibility index (Phi) is 7.88. The molecule has 0 radical (unpaired) electrons. The summed E-state index contributed by atoms with van der Waals surface area (Å²) in [6.45, 7) is 5.61. The molecule has 2 N–H and O–H groups in total. The van der Waals surface area contributed by atoms with E-state index in [-0.39, 0.29) is 41.4 Å². The smallest absolute Gasteiger partial charge is 0.256 e. The van der Waals surface area contributed by atoms with Gasteiger partial charge < -0.3 is 5.32 Å². The minimum absolute atomic E-state index is 0.130. The lowest BCUT2D eigenvalue weighted by molar-refractivity contribution is 0.0950. The molecule has 0 aliphatic heterocycles. The molecule has 7 nitrogen and oxygen atoms in total. The van der Waals surface area contributed by atoms with Gasteiger partial charge in [0.2, 0.25) is 10.0 Å². The molecule has 176 valence electrons. The van der Waals surface area contributed by atoms with E-state index in [1.807, 2.05) is 0 Å². The van der Waals surface area contributed by atoms with Crippen molar-refractivity contribution >= 4 is 27.5 Å². The van der Waals surface area contributed by atoms with Gasteiger partial charge in [0.25, 0.3) is 5.91 Å². The van der Waals surface area contributed by atoms with E-state index in [1.54, 1.807) is 57.2 Å². The molecule has 0 saturated heterocycles. The summed E-state index contributed by atoms with van der Waals surface area (Å²) in [4.78, 5) is 12.9. The SMILES string of the molecule is Cc1nn(Cc2ccc(F)cc2)c(Cl)c1C(=O)NCc1ccccc1CS(=O)(=O)NC(C)C. The van der Waals surface area contributed by atoms with Crippen molar-refractivity contribution in [2.24, 2.45) is 0 Å². The summed E-state index contributed by atoms with van der Waals surface area (Å²) in [5.74, 6) is -0.942. The Morgan fingerprint density at radius 1 is 1.12 bits per heavy atom. The van der Waals surface area contributed by atoms with Crippen molar-refractivity contribution in [3.8, 4) is 0 Å². The number of nitrogens with zero attached hydrogens (tertiary/aromatic N) is 2. The first-order valence-electron chi connectivity index (χ1n) is 10.4. The number of hydrogen-bond donors (Lipinski definition) is 2. The van der Waals surface area contributed by atoms with Crippen LogP contribution in [0.25, 0.3) is 0 Å². The van der Waals surface area contributed by atoms with Crippen molar-refractivity contribution in [2.75, 3.05) is 0 Å². The average Bonchev–Trinajstić information content (AvgIpc) is 3.00. The number of rotatable bonds is 9. The van der Waals surface area contributed by atoms with Crippen LogP contribution in [0, 0.1) is 12.7 Å². The molecule has 1 aromatic heterocycles. The Labute approximate surface area is 198 Å². The maximum Gasteiger partial charge on any atom is 0.256 e. The first-order valence-corrected chi connectivity index (χ1v) is 12.4. The summed E-state index contributed by atoms with van der Waals surface area (Å²) in [5.41, 5.74) is 2.77. The first kappa shape index (κ1) is 24.9. The fourth-order valence-electron chi connectivity index (χ4n) is 3.42. The summed E-state index contributed by atoms with van der Waals surface area (Å²) < 4.78 is 41.9. The lowest BCUT2D eigenvalue weighted by Crippen LogP contribution is -2.32. The Bertz CT molecular complexity index is 1240. The molecule has 2 aromatic carbocycles. The maximum atomic E-state index is 13.1. The summed E-state index contributed by atoms with van der Waals surface area (Å²) in [5, 5.41) is 7.32. The van der Waals surface area contributed by atoms with Crippen LogP contribution >= 0.6 is 11.6 Å². The van der Waals surface area contributed by atoms with Gasteiger partial charge in [0.15, 0.2) is 0 Å². The van der Waals surface area contributed by atoms with Crippen LogP contribution in [-0.4, -0.2) is 30.1 Å². The van der Waals surface area contributed by atoms with E-state index in [1.165, 1.54) is 16.8 Å². The number of halogens is 2. The van der Waals surface area contributed by atoms with Gasteiger partial charge >= 0.3 is 0 Å². The van der Waals surface area contributed by atoms with Crippen molar-refractivity contribution in [2.45, 2.75) is 45.7 Å². The van der Waals surface area contributed by atoms with Crippen LogP contribution in [0.15, 0.2) is 48.5 Å². The summed E-state index contributed by atoms with van der Waals surface area (Å²) in [6.07, 6.45) is 0. The number of sulfonamides is 1. The standard InChI is InChI=1S/C23H26ClFN4O3S/c1-15(2)28-33(31,32)14-19-7-5-4-6-18(19)12-26-23(30)21-16(3)27-29(22(21)24)13-17-8-10-20(25)11-9-17/h4-11,15,28H,12-14H2,1-3H3,(H,26,30). The van der Waals surface area contributed by atoms with Crippen molar-refractivity contribution in [3.05, 3.63) is 87.4 Å². The summed E-state index contributed by atoms with van der Waals surface area (Å²) >= 11 is 6.43. The molecule has 0 saturated carbocycles. The van der Waals surface area contributed by atoms with Crippen LogP contribution in [0.1, 0.15) is 46.6 Å². The van der Waals surface area contributed by atoms with Gasteiger partial charge in [0.1, 0.15) is 11.0 Å². The molecule has 1 amide bonds. The lowest BCUT2D eigenvalue weighted by atomic mass is 10.1. The number of carbonyl (C=O) groups excluding carboxylic acids is 1. The Morgan fingerprint density at radius 3 is 2.39 bits per heavy atom. The van der Waals surface area contributed by atoms with E-state index in [0.717, 1.165) is 5.56 Å². The Morgan fingerprint density at radius 2 is 1.76 bits per heavy atom. The van der Waals surface area contributed by atoms with Crippen LogP contribution in [0.4, 0.5) is 4.39 Å². The molecule has 33 heavy (non-hydrogen) atoms. The summed E-state index contributed by atoms with van der Waals surface area (Å²) in [7, 11) is -3.51. The molecule has 0 unspecified atom stereocenters. The molecule has 0 aliphatic rings. The monoisotopic (exact) mass is 492 g/mol. The Balaban J connectivity index is 1.73. The van der Waals surface area contributed by atoms with E-state index in [9.17, 15) is 17.6 Å². The van der Waals surface area contributed by atoms with Crippen molar-refractivity contribution in [1.29, 1.82) is 0 Å². The molecular weight excluding hydrogens is 467 g/mol. The zero-order chi connectivity index (χ0) is 24.2. The van der Waals surface area contributed by atoms with E-state index in [0.29, 0.717) is 16.8 Å². The fourth-order valence-corrected chi connectivity index (χ4v) is 5.23. The number of benzene rings is 2. The van der Waals surface area contributed by atoms with Gasteiger partial charge in [-0.05, 0) is 49.6 Å². The molecule has 3 aromatic rings. The van der Waals surface area contributed by atoms with Crippen molar-refractivity contribution in [3.63, 3.8) is 0 Å². The zero-order valence-electron chi connectivity index (χ0n) is 18.6. The van der Waals surface area contributed by atoms with Crippen LogP contribution in [0.2, 0.25) is 5.15 Å². The quantitative estimate of drug-likeness (QED) is 0.475. The first-order chi connectivity index (χ1) is 15.6. The molecule has 0 spiro atoms. The molecule has 3 rings (SSSR count). The van der Waals surface area contributed by atoms with Crippen LogP contribution in [0.3, 0.4) is 0 Å². The highest BCUT2D eigenvalue weighted by atomic mass is 35.5. The van der Waals surface area contributed by atoms with E-state index in [2.05, 4.69) is 15.1 Å². The molecule has 0 fully saturated rings. The number of hydrogen-bond acceptors (Lipinski definition) is 4. The van der Waals surface area contributed by atoms with Crippen LogP contribution < -0.4 is 10.0 Å². The normalized spacial score (nSPS) is 11.7. The third-order valence-corrected chi connectivity index (χ3v) is 6.76. The summed E-state index contributed by atoms with van der Waals surface area (Å²) in [6, 6.07) is 12.8. The second kappa shape index (κ2) is 10.5. The number of nitrogens with one attached hydrogen (secondary N) is 2. The minimum Gasteiger partial charge on any atom is -0.348 e. The van der Waals surface area contributed by atoms with E-state index < -0.39 is 15.9 Å². The van der Waals surface area contributed by atoms with Crippen LogP contribution in [-0.2, 0) is 28.9 Å². The zero-order valence-corrected chi connectivity index (χ0v) is 20.2. The fraction of sp³-hybridized carbons (Fsp3) is 0.304. The predicted octanol–water partition coefficient (Wildman–Crippen LogP) is 3.79. The molecule has 0 aliphatic carbocycles. The minimum atomic E-state index is -3.51. The Hall–Kier alpha value is -2.75. The number of carbonyl (C=O) groups is 1. The number of amides is 1. The second-order valence-corrected chi connectivity index (χ2v) is 10.1. The molecule has 10 heteroatoms. The van der Waals surface area contributed by atoms with Gasteiger partial charge in [-0.25, -0.2) is 22.2 Å². The van der Waals surface area contributed by atoms with Gasteiger partial charge in [0, 0.05) is 12.6 Å². The average molecular weight is 493 g/mol. The van der Waals surface area contributed by atoms with E-state index >= 15 is 0 Å². The number of aromatic nitrogens is 2. The largest absolute Gasteiger partial charge is 0.348 e. The second-order valence-electron chi connectivity index (χ2n) is 8.02. The predicted molar refractivity (Wildman–Crippen MR) is 126 cm³/mol. The number of aryl methyl sites for hydroxylation is 1. The van der Waals surface area contributed by atoms with Gasteiger partial charge in [-0.3, -0.25) is 4.79 Å². The molecule has 0 bridgehead atoms. The van der Waals surface area contributed by atoms with Gasteiger partial charge in [-0.2, -0.15) is 5.10 Å².